The van der Waals surface area contributed by atoms with Crippen molar-refractivity contribution in [2.24, 2.45) is 11.3 Å². The summed E-state index contributed by atoms with van der Waals surface area (Å²) >= 11 is 0. The third kappa shape index (κ3) is 3.44. The molecule has 4 heteroatoms. The molecule has 0 radical (unpaired) electrons. The van der Waals surface area contributed by atoms with Gasteiger partial charge in [-0.25, -0.2) is 0 Å². The number of carbonyl (C=O) groups is 2. The maximum atomic E-state index is 10.8. The second kappa shape index (κ2) is 4.25. The number of aliphatic carboxylic acids is 2. The van der Waals surface area contributed by atoms with Crippen molar-refractivity contribution in [2.75, 3.05) is 0 Å². The molecule has 4 nitrogen and oxygen atoms in total. The lowest BCUT2D eigenvalue weighted by Gasteiger charge is -2.28. The summed E-state index contributed by atoms with van der Waals surface area (Å²) in [6.07, 6.45) is 0.341. The van der Waals surface area contributed by atoms with Gasteiger partial charge in [-0.1, -0.05) is 27.2 Å². The molecule has 0 spiro atoms. The van der Waals surface area contributed by atoms with Crippen LogP contribution in [-0.4, -0.2) is 22.2 Å². The molecule has 0 heterocycles. The van der Waals surface area contributed by atoms with Crippen LogP contribution in [0, 0.1) is 11.3 Å². The van der Waals surface area contributed by atoms with Gasteiger partial charge in [0.05, 0.1) is 12.3 Å². The highest BCUT2D eigenvalue weighted by molar-refractivity contribution is 5.78. The van der Waals surface area contributed by atoms with Crippen molar-refractivity contribution in [2.45, 2.75) is 33.6 Å². The fraction of sp³-hybridized carbons (Fsp3) is 0.778. The lowest BCUT2D eigenvalue weighted by atomic mass is 9.75. The van der Waals surface area contributed by atoms with E-state index in [4.69, 9.17) is 10.2 Å². The van der Waals surface area contributed by atoms with Gasteiger partial charge in [0.1, 0.15) is 0 Å². The quantitative estimate of drug-likeness (QED) is 0.687. The van der Waals surface area contributed by atoms with Crippen LogP contribution in [0.3, 0.4) is 0 Å². The Balaban J connectivity index is 4.60. The van der Waals surface area contributed by atoms with E-state index in [-0.39, 0.29) is 6.42 Å². The first kappa shape index (κ1) is 11.9. The number of hydrogen-bond acceptors (Lipinski definition) is 2. The molecule has 0 aliphatic carbocycles. The van der Waals surface area contributed by atoms with Crippen molar-refractivity contribution >= 4 is 11.9 Å². The first-order valence-electron chi connectivity index (χ1n) is 4.26. The summed E-state index contributed by atoms with van der Waals surface area (Å²) in [5, 5.41) is 17.4. The zero-order chi connectivity index (χ0) is 10.6. The molecule has 1 atom stereocenters. The van der Waals surface area contributed by atoms with Gasteiger partial charge in [-0.3, -0.25) is 9.59 Å². The largest absolute Gasteiger partial charge is 0.481 e. The molecule has 0 rings (SSSR count). The van der Waals surface area contributed by atoms with Gasteiger partial charge in [0.25, 0.3) is 0 Å². The summed E-state index contributed by atoms with van der Waals surface area (Å²) in [5.74, 6) is -2.90. The van der Waals surface area contributed by atoms with Crippen LogP contribution in [0.15, 0.2) is 0 Å². The summed E-state index contributed by atoms with van der Waals surface area (Å²) in [6, 6.07) is 0. The average molecular weight is 188 g/mol. The van der Waals surface area contributed by atoms with Crippen molar-refractivity contribution in [3.05, 3.63) is 0 Å². The Morgan fingerprint density at radius 2 is 1.77 bits per heavy atom. The van der Waals surface area contributed by atoms with E-state index in [9.17, 15) is 9.59 Å². The van der Waals surface area contributed by atoms with Gasteiger partial charge < -0.3 is 10.2 Å². The van der Waals surface area contributed by atoms with Crippen LogP contribution in [-0.2, 0) is 9.59 Å². The first-order chi connectivity index (χ1) is 5.81. The van der Waals surface area contributed by atoms with Gasteiger partial charge in [-0.2, -0.15) is 0 Å². The number of carboxylic acids is 2. The van der Waals surface area contributed by atoms with E-state index >= 15 is 0 Å². The molecule has 76 valence electrons. The first-order valence-corrected chi connectivity index (χ1v) is 4.26. The van der Waals surface area contributed by atoms with Crippen molar-refractivity contribution in [1.82, 2.24) is 0 Å². The van der Waals surface area contributed by atoms with E-state index in [1.807, 2.05) is 6.92 Å². The van der Waals surface area contributed by atoms with Crippen LogP contribution in [0.4, 0.5) is 0 Å². The minimum Gasteiger partial charge on any atom is -0.481 e. The monoisotopic (exact) mass is 188 g/mol. The summed E-state index contributed by atoms with van der Waals surface area (Å²) in [6.45, 7) is 5.40. The highest BCUT2D eigenvalue weighted by atomic mass is 16.4. The zero-order valence-corrected chi connectivity index (χ0v) is 8.20. The van der Waals surface area contributed by atoms with Crippen LogP contribution in [0.25, 0.3) is 0 Å². The standard InChI is InChI=1S/C9H16O4/c1-4-9(2,3)6(8(12)13)5-7(10)11/h6H,4-5H2,1-3H3,(H,10,11)(H,12,13). The van der Waals surface area contributed by atoms with E-state index in [2.05, 4.69) is 0 Å². The molecule has 0 aromatic carbocycles. The smallest absolute Gasteiger partial charge is 0.307 e. The summed E-state index contributed by atoms with van der Waals surface area (Å²) in [7, 11) is 0. The minimum atomic E-state index is -1.06. The van der Waals surface area contributed by atoms with Gasteiger partial charge in [-0.15, -0.1) is 0 Å². The Morgan fingerprint density at radius 3 is 2.00 bits per heavy atom. The van der Waals surface area contributed by atoms with Gasteiger partial charge in [0, 0.05) is 0 Å². The molecule has 2 N–H and O–H groups in total. The molecule has 0 amide bonds. The van der Waals surface area contributed by atoms with Crippen molar-refractivity contribution in [3.8, 4) is 0 Å². The summed E-state index contributed by atoms with van der Waals surface area (Å²) in [4.78, 5) is 21.2. The maximum Gasteiger partial charge on any atom is 0.307 e. The van der Waals surface area contributed by atoms with E-state index in [1.165, 1.54) is 0 Å². The molecule has 13 heavy (non-hydrogen) atoms. The van der Waals surface area contributed by atoms with Crippen LogP contribution < -0.4 is 0 Å². The van der Waals surface area contributed by atoms with Crippen LogP contribution in [0.1, 0.15) is 33.6 Å². The molecule has 0 saturated carbocycles. The molecule has 0 aromatic rings. The Bertz CT molecular complexity index is 208. The topological polar surface area (TPSA) is 74.6 Å². The third-order valence-electron chi connectivity index (χ3n) is 2.53. The average Bonchev–Trinajstić information content (AvgIpc) is 1.99. The van der Waals surface area contributed by atoms with Crippen LogP contribution >= 0.6 is 0 Å². The van der Waals surface area contributed by atoms with E-state index in [1.54, 1.807) is 13.8 Å². The normalized spacial score (nSPS) is 13.8. The Labute approximate surface area is 77.6 Å². The molecule has 0 bridgehead atoms. The highest BCUT2D eigenvalue weighted by Gasteiger charge is 2.35. The van der Waals surface area contributed by atoms with Crippen molar-refractivity contribution in [3.63, 3.8) is 0 Å². The molecule has 0 aromatic heterocycles. The van der Waals surface area contributed by atoms with Crippen LogP contribution in [0.5, 0.6) is 0 Å². The maximum absolute atomic E-state index is 10.8. The molecular formula is C9H16O4. The SMILES string of the molecule is CCC(C)(C)C(CC(=O)O)C(=O)O. The van der Waals surface area contributed by atoms with Gasteiger partial charge in [0.2, 0.25) is 0 Å². The van der Waals surface area contributed by atoms with E-state index in [0.717, 1.165) is 0 Å². The minimum absolute atomic E-state index is 0.309. The molecule has 0 aliphatic heterocycles. The summed E-state index contributed by atoms with van der Waals surface area (Å²) < 4.78 is 0. The predicted molar refractivity (Wildman–Crippen MR) is 47.5 cm³/mol. The lowest BCUT2D eigenvalue weighted by Crippen LogP contribution is -2.32. The van der Waals surface area contributed by atoms with Crippen molar-refractivity contribution in [1.29, 1.82) is 0 Å². The molecular weight excluding hydrogens is 172 g/mol. The second-order valence-electron chi connectivity index (χ2n) is 3.83. The lowest BCUT2D eigenvalue weighted by molar-refractivity contribution is -0.152. The molecule has 1 unspecified atom stereocenters. The van der Waals surface area contributed by atoms with E-state index < -0.39 is 23.3 Å². The summed E-state index contributed by atoms with van der Waals surface area (Å²) in [5.41, 5.74) is -0.468. The Hall–Kier alpha value is -1.06. The molecule has 0 aliphatic rings. The number of hydrogen-bond donors (Lipinski definition) is 2. The fourth-order valence-corrected chi connectivity index (χ4v) is 1.12. The van der Waals surface area contributed by atoms with Crippen LogP contribution in [0.2, 0.25) is 0 Å². The van der Waals surface area contributed by atoms with Gasteiger partial charge >= 0.3 is 11.9 Å². The molecule has 0 saturated heterocycles. The fourth-order valence-electron chi connectivity index (χ4n) is 1.12. The van der Waals surface area contributed by atoms with Gasteiger partial charge in [0.15, 0.2) is 0 Å². The number of rotatable bonds is 5. The van der Waals surface area contributed by atoms with Gasteiger partial charge in [-0.05, 0) is 5.41 Å². The third-order valence-corrected chi connectivity index (χ3v) is 2.53. The van der Waals surface area contributed by atoms with Crippen molar-refractivity contribution < 1.29 is 19.8 Å². The second-order valence-corrected chi connectivity index (χ2v) is 3.83. The Morgan fingerprint density at radius 1 is 1.31 bits per heavy atom. The Kier molecular flexibility index (Phi) is 3.91. The number of carboxylic acid groups (broad SMARTS) is 2. The highest BCUT2D eigenvalue weighted by Crippen LogP contribution is 2.32. The van der Waals surface area contributed by atoms with E-state index in [0.29, 0.717) is 6.42 Å². The predicted octanol–water partition coefficient (Wildman–Crippen LogP) is 1.60. The zero-order valence-electron chi connectivity index (χ0n) is 8.20. The molecule has 0 fully saturated rings.